The van der Waals surface area contributed by atoms with Crippen molar-refractivity contribution in [3.8, 4) is 5.75 Å². The lowest BCUT2D eigenvalue weighted by molar-refractivity contribution is -0.118. The Hall–Kier alpha value is -1.51. The highest BCUT2D eigenvalue weighted by molar-refractivity contribution is 5.73. The molecule has 0 saturated heterocycles. The molecule has 1 rings (SSSR count). The monoisotopic (exact) mass is 193 g/mol. The fraction of sp³-hybridized carbons (Fsp3) is 0.364. The molecule has 0 fully saturated rings. The summed E-state index contributed by atoms with van der Waals surface area (Å²) < 4.78 is 5.43. The van der Waals surface area contributed by atoms with Crippen LogP contribution in [-0.2, 0) is 4.79 Å². The van der Waals surface area contributed by atoms with Gasteiger partial charge < -0.3 is 10.5 Å². The molecule has 3 heteroatoms. The van der Waals surface area contributed by atoms with Crippen molar-refractivity contribution in [3.05, 3.63) is 29.3 Å². The summed E-state index contributed by atoms with van der Waals surface area (Å²) in [5.41, 5.74) is 7.22. The molecule has 0 unspecified atom stereocenters. The second-order valence-electron chi connectivity index (χ2n) is 3.33. The quantitative estimate of drug-likeness (QED) is 0.788. The van der Waals surface area contributed by atoms with E-state index >= 15 is 0 Å². The summed E-state index contributed by atoms with van der Waals surface area (Å²) in [5, 5.41) is 0. The van der Waals surface area contributed by atoms with Crippen LogP contribution in [0.4, 0.5) is 0 Å². The molecule has 0 aromatic heterocycles. The molecule has 2 N–H and O–H groups in total. The van der Waals surface area contributed by atoms with Gasteiger partial charge in [-0.05, 0) is 31.0 Å². The second kappa shape index (κ2) is 4.65. The van der Waals surface area contributed by atoms with E-state index in [0.29, 0.717) is 6.61 Å². The maximum absolute atomic E-state index is 10.5. The van der Waals surface area contributed by atoms with Crippen molar-refractivity contribution >= 4 is 5.91 Å². The molecule has 0 atom stereocenters. The highest BCUT2D eigenvalue weighted by atomic mass is 16.5. The Labute approximate surface area is 83.9 Å². The highest BCUT2D eigenvalue weighted by Crippen LogP contribution is 2.18. The van der Waals surface area contributed by atoms with E-state index in [1.807, 2.05) is 32.0 Å². The zero-order valence-corrected chi connectivity index (χ0v) is 8.54. The summed E-state index contributed by atoms with van der Waals surface area (Å²) >= 11 is 0. The van der Waals surface area contributed by atoms with Crippen molar-refractivity contribution in [3.63, 3.8) is 0 Å². The molecule has 0 bridgehead atoms. The number of hydrogen-bond donors (Lipinski definition) is 1. The second-order valence-corrected chi connectivity index (χ2v) is 3.33. The minimum atomic E-state index is -0.338. The third-order valence-corrected chi connectivity index (χ3v) is 1.95. The zero-order valence-electron chi connectivity index (χ0n) is 8.54. The molecule has 0 spiro atoms. The number of rotatable bonds is 4. The van der Waals surface area contributed by atoms with Crippen LogP contribution in [0.25, 0.3) is 0 Å². The number of carbonyl (C=O) groups excluding carboxylic acids is 1. The number of amides is 1. The molecular weight excluding hydrogens is 178 g/mol. The fourth-order valence-corrected chi connectivity index (χ4v) is 1.12. The number of carbonyl (C=O) groups is 1. The Balaban J connectivity index is 2.57. The topological polar surface area (TPSA) is 52.3 Å². The van der Waals surface area contributed by atoms with Gasteiger partial charge in [0.25, 0.3) is 0 Å². The van der Waals surface area contributed by atoms with Gasteiger partial charge in [-0.25, -0.2) is 0 Å². The average Bonchev–Trinajstić information content (AvgIpc) is 2.10. The van der Waals surface area contributed by atoms with Crippen LogP contribution in [0.15, 0.2) is 18.2 Å². The van der Waals surface area contributed by atoms with Gasteiger partial charge in [-0.3, -0.25) is 4.79 Å². The molecular formula is C11H15NO2. The Morgan fingerprint density at radius 1 is 1.43 bits per heavy atom. The van der Waals surface area contributed by atoms with Crippen molar-refractivity contribution in [1.29, 1.82) is 0 Å². The Kier molecular flexibility index (Phi) is 3.51. The average molecular weight is 193 g/mol. The van der Waals surface area contributed by atoms with Crippen LogP contribution >= 0.6 is 0 Å². The predicted octanol–water partition coefficient (Wildman–Crippen LogP) is 1.56. The smallest absolute Gasteiger partial charge is 0.220 e. The van der Waals surface area contributed by atoms with E-state index in [-0.39, 0.29) is 12.3 Å². The number of aryl methyl sites for hydroxylation is 2. The summed E-state index contributed by atoms with van der Waals surface area (Å²) in [6, 6.07) is 5.97. The lowest BCUT2D eigenvalue weighted by Crippen LogP contribution is -2.14. The van der Waals surface area contributed by atoms with Gasteiger partial charge in [-0.1, -0.05) is 12.1 Å². The largest absolute Gasteiger partial charge is 0.493 e. The molecule has 1 amide bonds. The summed E-state index contributed by atoms with van der Waals surface area (Å²) in [6.45, 7) is 4.32. The molecule has 76 valence electrons. The van der Waals surface area contributed by atoms with Crippen LogP contribution in [0.1, 0.15) is 17.5 Å². The third-order valence-electron chi connectivity index (χ3n) is 1.95. The maximum Gasteiger partial charge on any atom is 0.220 e. The molecule has 0 aliphatic carbocycles. The molecule has 14 heavy (non-hydrogen) atoms. The number of nitrogens with two attached hydrogens (primary N) is 1. The molecule has 0 aliphatic rings. The fourth-order valence-electron chi connectivity index (χ4n) is 1.12. The van der Waals surface area contributed by atoms with E-state index in [9.17, 15) is 4.79 Å². The standard InChI is InChI=1S/C11H15NO2/c1-8-3-4-9(2)10(7-8)14-6-5-11(12)13/h3-4,7H,5-6H2,1-2H3,(H2,12,13). The van der Waals surface area contributed by atoms with E-state index < -0.39 is 0 Å². The molecule has 3 nitrogen and oxygen atoms in total. The van der Waals surface area contributed by atoms with Crippen LogP contribution in [0.3, 0.4) is 0 Å². The summed E-state index contributed by atoms with van der Waals surface area (Å²) in [5.74, 6) is 0.488. The SMILES string of the molecule is Cc1ccc(C)c(OCCC(N)=O)c1. The molecule has 0 heterocycles. The highest BCUT2D eigenvalue weighted by Gasteiger charge is 2.00. The van der Waals surface area contributed by atoms with Gasteiger partial charge in [-0.15, -0.1) is 0 Å². The third kappa shape index (κ3) is 3.09. The van der Waals surface area contributed by atoms with Crippen LogP contribution in [0.5, 0.6) is 5.75 Å². The molecule has 1 aromatic carbocycles. The van der Waals surface area contributed by atoms with Gasteiger partial charge in [0.15, 0.2) is 0 Å². The van der Waals surface area contributed by atoms with Crippen molar-refractivity contribution < 1.29 is 9.53 Å². The summed E-state index contributed by atoms with van der Waals surface area (Å²) in [7, 11) is 0. The summed E-state index contributed by atoms with van der Waals surface area (Å²) in [6.07, 6.45) is 0.257. The van der Waals surface area contributed by atoms with E-state index in [1.165, 1.54) is 0 Å². The van der Waals surface area contributed by atoms with Gasteiger partial charge in [0.1, 0.15) is 5.75 Å². The van der Waals surface area contributed by atoms with E-state index in [1.54, 1.807) is 0 Å². The van der Waals surface area contributed by atoms with Gasteiger partial charge in [0, 0.05) is 0 Å². The first-order valence-electron chi connectivity index (χ1n) is 4.58. The predicted molar refractivity (Wildman–Crippen MR) is 55.2 cm³/mol. The van der Waals surface area contributed by atoms with Gasteiger partial charge >= 0.3 is 0 Å². The van der Waals surface area contributed by atoms with Crippen molar-refractivity contribution in [2.45, 2.75) is 20.3 Å². The van der Waals surface area contributed by atoms with Crippen molar-refractivity contribution in [2.24, 2.45) is 5.73 Å². The lowest BCUT2D eigenvalue weighted by Gasteiger charge is -2.08. The first-order valence-corrected chi connectivity index (χ1v) is 4.58. The van der Waals surface area contributed by atoms with Crippen LogP contribution in [0.2, 0.25) is 0 Å². The first-order chi connectivity index (χ1) is 6.59. The number of ether oxygens (including phenoxy) is 1. The lowest BCUT2D eigenvalue weighted by atomic mass is 10.1. The van der Waals surface area contributed by atoms with Gasteiger partial charge in [0.05, 0.1) is 13.0 Å². The normalized spacial score (nSPS) is 9.86. The minimum Gasteiger partial charge on any atom is -0.493 e. The zero-order chi connectivity index (χ0) is 10.6. The maximum atomic E-state index is 10.5. The van der Waals surface area contributed by atoms with Gasteiger partial charge in [-0.2, -0.15) is 0 Å². The number of hydrogen-bond acceptors (Lipinski definition) is 2. The Bertz CT molecular complexity index is 334. The summed E-state index contributed by atoms with van der Waals surface area (Å²) in [4.78, 5) is 10.5. The van der Waals surface area contributed by atoms with Crippen LogP contribution in [0, 0.1) is 13.8 Å². The van der Waals surface area contributed by atoms with Crippen LogP contribution < -0.4 is 10.5 Å². The number of benzene rings is 1. The molecule has 0 radical (unpaired) electrons. The molecule has 0 saturated carbocycles. The molecule has 0 aliphatic heterocycles. The van der Waals surface area contributed by atoms with Crippen LogP contribution in [-0.4, -0.2) is 12.5 Å². The van der Waals surface area contributed by atoms with E-state index in [0.717, 1.165) is 16.9 Å². The van der Waals surface area contributed by atoms with E-state index in [2.05, 4.69) is 0 Å². The van der Waals surface area contributed by atoms with Crippen molar-refractivity contribution in [1.82, 2.24) is 0 Å². The first kappa shape index (κ1) is 10.6. The Morgan fingerprint density at radius 3 is 2.79 bits per heavy atom. The Morgan fingerprint density at radius 2 is 2.14 bits per heavy atom. The minimum absolute atomic E-state index is 0.257. The van der Waals surface area contributed by atoms with Crippen molar-refractivity contribution in [2.75, 3.05) is 6.61 Å². The number of primary amides is 1. The molecule has 1 aromatic rings. The van der Waals surface area contributed by atoms with E-state index in [4.69, 9.17) is 10.5 Å². The van der Waals surface area contributed by atoms with Gasteiger partial charge in [0.2, 0.25) is 5.91 Å².